The highest BCUT2D eigenvalue weighted by Crippen LogP contribution is 2.35. The van der Waals surface area contributed by atoms with E-state index in [2.05, 4.69) is 21.2 Å². The molecule has 0 fully saturated rings. The fourth-order valence-corrected chi connectivity index (χ4v) is 2.58. The molecule has 0 radical (unpaired) electrons. The van der Waals surface area contributed by atoms with Gasteiger partial charge in [-0.05, 0) is 46.6 Å². The SMILES string of the molecule is COc1cc(CNC(C)c2ccccc2F)cc(Br)c1O. The zero-order valence-corrected chi connectivity index (χ0v) is 13.4. The molecule has 0 aliphatic rings. The molecule has 1 unspecified atom stereocenters. The summed E-state index contributed by atoms with van der Waals surface area (Å²) in [5.74, 6) is 0.255. The van der Waals surface area contributed by atoms with Crippen LogP contribution in [0.1, 0.15) is 24.1 Å². The molecular weight excluding hydrogens is 337 g/mol. The summed E-state index contributed by atoms with van der Waals surface area (Å²) in [7, 11) is 1.50. The Morgan fingerprint density at radius 2 is 2.05 bits per heavy atom. The third kappa shape index (κ3) is 3.74. The summed E-state index contributed by atoms with van der Waals surface area (Å²) in [5, 5.41) is 13.0. The van der Waals surface area contributed by atoms with E-state index in [1.165, 1.54) is 13.2 Å². The molecule has 0 saturated carbocycles. The first kappa shape index (κ1) is 15.8. The van der Waals surface area contributed by atoms with Gasteiger partial charge < -0.3 is 15.2 Å². The topological polar surface area (TPSA) is 41.5 Å². The highest BCUT2D eigenvalue weighted by Gasteiger charge is 2.12. The molecule has 0 aromatic heterocycles. The molecule has 0 aliphatic heterocycles. The average Bonchev–Trinajstić information content (AvgIpc) is 2.48. The van der Waals surface area contributed by atoms with Crippen LogP contribution in [0.4, 0.5) is 4.39 Å². The molecular formula is C16H17BrFNO2. The van der Waals surface area contributed by atoms with Crippen molar-refractivity contribution in [3.05, 3.63) is 57.8 Å². The maximum atomic E-state index is 13.7. The second-order valence-corrected chi connectivity index (χ2v) is 5.61. The fraction of sp³-hybridized carbons (Fsp3) is 0.250. The lowest BCUT2D eigenvalue weighted by Gasteiger charge is -2.16. The summed E-state index contributed by atoms with van der Waals surface area (Å²) in [6, 6.07) is 10.1. The van der Waals surface area contributed by atoms with Crippen molar-refractivity contribution in [2.45, 2.75) is 19.5 Å². The Morgan fingerprint density at radius 3 is 2.71 bits per heavy atom. The van der Waals surface area contributed by atoms with E-state index in [4.69, 9.17) is 4.74 Å². The molecule has 2 N–H and O–H groups in total. The van der Waals surface area contributed by atoms with Crippen LogP contribution in [0.2, 0.25) is 0 Å². The lowest BCUT2D eigenvalue weighted by Crippen LogP contribution is -2.19. The van der Waals surface area contributed by atoms with Crippen molar-refractivity contribution in [3.63, 3.8) is 0 Å². The molecule has 112 valence electrons. The minimum atomic E-state index is -0.220. The summed E-state index contributed by atoms with van der Waals surface area (Å²) in [4.78, 5) is 0. The van der Waals surface area contributed by atoms with Gasteiger partial charge in [-0.2, -0.15) is 0 Å². The third-order valence-electron chi connectivity index (χ3n) is 3.29. The number of methoxy groups -OCH3 is 1. The van der Waals surface area contributed by atoms with Crippen LogP contribution in [0.25, 0.3) is 0 Å². The van der Waals surface area contributed by atoms with Gasteiger partial charge in [0.1, 0.15) is 5.82 Å². The molecule has 2 rings (SSSR count). The van der Waals surface area contributed by atoms with E-state index in [1.807, 2.05) is 13.0 Å². The van der Waals surface area contributed by atoms with Crippen molar-refractivity contribution in [2.75, 3.05) is 7.11 Å². The summed E-state index contributed by atoms with van der Waals surface area (Å²) in [6.07, 6.45) is 0. The first-order valence-corrected chi connectivity index (χ1v) is 7.35. The van der Waals surface area contributed by atoms with Crippen LogP contribution in [-0.4, -0.2) is 12.2 Å². The number of halogens is 2. The number of phenolic OH excluding ortho intramolecular Hbond substituents is 1. The predicted octanol–water partition coefficient (Wildman–Crippen LogP) is 4.15. The molecule has 0 spiro atoms. The van der Waals surface area contributed by atoms with Gasteiger partial charge in [0.25, 0.3) is 0 Å². The van der Waals surface area contributed by atoms with Crippen molar-refractivity contribution in [2.24, 2.45) is 0 Å². The molecule has 2 aromatic carbocycles. The quantitative estimate of drug-likeness (QED) is 0.848. The molecule has 5 heteroatoms. The van der Waals surface area contributed by atoms with Crippen LogP contribution >= 0.6 is 15.9 Å². The first-order valence-electron chi connectivity index (χ1n) is 6.56. The van der Waals surface area contributed by atoms with Crippen molar-refractivity contribution < 1.29 is 14.2 Å². The lowest BCUT2D eigenvalue weighted by molar-refractivity contribution is 0.371. The number of aromatic hydroxyl groups is 1. The number of ether oxygens (including phenoxy) is 1. The van der Waals surface area contributed by atoms with Gasteiger partial charge in [-0.15, -0.1) is 0 Å². The second-order valence-electron chi connectivity index (χ2n) is 4.75. The van der Waals surface area contributed by atoms with E-state index >= 15 is 0 Å². The monoisotopic (exact) mass is 353 g/mol. The molecule has 1 atom stereocenters. The van der Waals surface area contributed by atoms with E-state index < -0.39 is 0 Å². The Balaban J connectivity index is 2.10. The fourth-order valence-electron chi connectivity index (χ4n) is 2.09. The standard InChI is InChI=1S/C16H17BrFNO2/c1-10(12-5-3-4-6-14(12)18)19-9-11-7-13(17)16(20)15(8-11)21-2/h3-8,10,19-20H,9H2,1-2H3. The average molecular weight is 354 g/mol. The molecule has 2 aromatic rings. The third-order valence-corrected chi connectivity index (χ3v) is 3.90. The van der Waals surface area contributed by atoms with E-state index in [0.29, 0.717) is 22.3 Å². The minimum Gasteiger partial charge on any atom is -0.503 e. The van der Waals surface area contributed by atoms with Crippen LogP contribution < -0.4 is 10.1 Å². The zero-order valence-electron chi connectivity index (χ0n) is 11.9. The van der Waals surface area contributed by atoms with Gasteiger partial charge in [0.05, 0.1) is 11.6 Å². The van der Waals surface area contributed by atoms with Gasteiger partial charge in [0.2, 0.25) is 0 Å². The summed E-state index contributed by atoms with van der Waals surface area (Å²) in [6.45, 7) is 2.44. The Labute approximate surface area is 131 Å². The van der Waals surface area contributed by atoms with Crippen molar-refractivity contribution in [3.8, 4) is 11.5 Å². The van der Waals surface area contributed by atoms with Gasteiger partial charge in [0.15, 0.2) is 11.5 Å². The molecule has 21 heavy (non-hydrogen) atoms. The number of rotatable bonds is 5. The zero-order chi connectivity index (χ0) is 15.4. The first-order chi connectivity index (χ1) is 10.0. The van der Waals surface area contributed by atoms with E-state index in [9.17, 15) is 9.50 Å². The molecule has 0 bridgehead atoms. The summed E-state index contributed by atoms with van der Waals surface area (Å²) < 4.78 is 19.4. The Morgan fingerprint density at radius 1 is 1.33 bits per heavy atom. The maximum Gasteiger partial charge on any atom is 0.172 e. The van der Waals surface area contributed by atoms with Crippen molar-refractivity contribution >= 4 is 15.9 Å². The highest BCUT2D eigenvalue weighted by molar-refractivity contribution is 9.10. The Hall–Kier alpha value is -1.59. The molecule has 0 heterocycles. The van der Waals surface area contributed by atoms with Crippen LogP contribution in [0.15, 0.2) is 40.9 Å². The van der Waals surface area contributed by atoms with Gasteiger partial charge in [-0.1, -0.05) is 18.2 Å². The summed E-state index contributed by atoms with van der Waals surface area (Å²) in [5.41, 5.74) is 1.56. The van der Waals surface area contributed by atoms with Crippen LogP contribution in [-0.2, 0) is 6.54 Å². The largest absolute Gasteiger partial charge is 0.503 e. The Bertz CT molecular complexity index is 634. The Kier molecular flexibility index (Phi) is 5.20. The van der Waals surface area contributed by atoms with E-state index in [0.717, 1.165) is 5.56 Å². The predicted molar refractivity (Wildman–Crippen MR) is 84.0 cm³/mol. The number of phenols is 1. The molecule has 0 aliphatic carbocycles. The maximum absolute atomic E-state index is 13.7. The normalized spacial score (nSPS) is 12.2. The molecule has 0 saturated heterocycles. The molecule has 3 nitrogen and oxygen atoms in total. The van der Waals surface area contributed by atoms with Crippen LogP contribution in [0.3, 0.4) is 0 Å². The van der Waals surface area contributed by atoms with Crippen LogP contribution in [0, 0.1) is 5.82 Å². The van der Waals surface area contributed by atoms with Gasteiger partial charge in [-0.25, -0.2) is 4.39 Å². The lowest BCUT2D eigenvalue weighted by atomic mass is 10.1. The molecule has 0 amide bonds. The summed E-state index contributed by atoms with van der Waals surface area (Å²) >= 11 is 3.28. The van der Waals surface area contributed by atoms with Gasteiger partial charge >= 0.3 is 0 Å². The number of hydrogen-bond donors (Lipinski definition) is 2. The second kappa shape index (κ2) is 6.91. The minimum absolute atomic E-state index is 0.0726. The number of hydrogen-bond acceptors (Lipinski definition) is 3. The van der Waals surface area contributed by atoms with E-state index in [-0.39, 0.29) is 17.6 Å². The highest BCUT2D eigenvalue weighted by atomic mass is 79.9. The van der Waals surface area contributed by atoms with Crippen molar-refractivity contribution in [1.82, 2.24) is 5.32 Å². The number of nitrogens with one attached hydrogen (secondary N) is 1. The number of benzene rings is 2. The van der Waals surface area contributed by atoms with Crippen LogP contribution in [0.5, 0.6) is 11.5 Å². The van der Waals surface area contributed by atoms with Gasteiger partial charge in [-0.3, -0.25) is 0 Å². The van der Waals surface area contributed by atoms with Gasteiger partial charge in [0, 0.05) is 18.2 Å². The smallest absolute Gasteiger partial charge is 0.172 e. The van der Waals surface area contributed by atoms with Crippen molar-refractivity contribution in [1.29, 1.82) is 0 Å². The van der Waals surface area contributed by atoms with E-state index in [1.54, 1.807) is 24.3 Å².